The van der Waals surface area contributed by atoms with E-state index in [2.05, 4.69) is 23.6 Å². The standard InChI is InChI=1S/C21H35NO8P2/c1-13(22-30-32(26,27)28)17-6-7-18-16-5-4-14-12-15(29-31(23,24)25)8-10-20(14,2)19(16)9-11-21(17,18)3/h12,15-19H,4-11H2,1-3H3,(H2,23,24,25)(H2,26,27,28)/p-2/b22-13+/t15-,16-,17+,18-,19-,20-,21+/m0/s1. The highest BCUT2D eigenvalue weighted by atomic mass is 31.2. The Balaban J connectivity index is 1.53. The maximum atomic E-state index is 11.2. The summed E-state index contributed by atoms with van der Waals surface area (Å²) >= 11 is 0. The lowest BCUT2D eigenvalue weighted by atomic mass is 9.46. The van der Waals surface area contributed by atoms with E-state index in [-0.39, 0.29) is 16.7 Å². The zero-order chi connectivity index (χ0) is 23.5. The smallest absolute Gasteiger partial charge is 0.340 e. The van der Waals surface area contributed by atoms with Crippen molar-refractivity contribution < 1.29 is 37.9 Å². The van der Waals surface area contributed by atoms with Gasteiger partial charge in [-0.2, -0.15) is 0 Å². The first-order chi connectivity index (χ1) is 14.7. The molecule has 0 aliphatic heterocycles. The van der Waals surface area contributed by atoms with Crippen LogP contribution >= 0.6 is 15.6 Å². The number of fused-ring (bicyclic) bond motifs is 5. The van der Waals surface area contributed by atoms with Crippen molar-refractivity contribution in [3.05, 3.63) is 11.6 Å². The van der Waals surface area contributed by atoms with Gasteiger partial charge < -0.3 is 28.7 Å². The molecule has 11 heteroatoms. The molecule has 0 aromatic heterocycles. The minimum atomic E-state index is -4.89. The van der Waals surface area contributed by atoms with Gasteiger partial charge in [0.25, 0.3) is 7.82 Å². The minimum absolute atomic E-state index is 0.00283. The summed E-state index contributed by atoms with van der Waals surface area (Å²) in [6.45, 7) is 6.36. The summed E-state index contributed by atoms with van der Waals surface area (Å²) in [5, 5.41) is 3.73. The third-order valence-electron chi connectivity index (χ3n) is 9.13. The van der Waals surface area contributed by atoms with Crippen LogP contribution in [0.5, 0.6) is 0 Å². The molecule has 2 unspecified atom stereocenters. The highest BCUT2D eigenvalue weighted by Gasteiger charge is 2.59. The molecule has 182 valence electrons. The van der Waals surface area contributed by atoms with Crippen LogP contribution in [0.3, 0.4) is 0 Å². The zero-order valence-corrected chi connectivity index (χ0v) is 20.6. The first-order valence-corrected chi connectivity index (χ1v) is 14.4. The van der Waals surface area contributed by atoms with E-state index < -0.39 is 21.7 Å². The molecule has 0 bridgehead atoms. The van der Waals surface area contributed by atoms with Crippen molar-refractivity contribution in [3.8, 4) is 0 Å². The van der Waals surface area contributed by atoms with Crippen LogP contribution < -0.4 is 9.79 Å². The third kappa shape index (κ3) is 4.55. The van der Waals surface area contributed by atoms with Crippen LogP contribution in [0.1, 0.15) is 72.1 Å². The van der Waals surface area contributed by atoms with Crippen molar-refractivity contribution in [3.63, 3.8) is 0 Å². The first kappa shape index (κ1) is 24.6. The Morgan fingerprint density at radius 3 is 2.44 bits per heavy atom. The Bertz CT molecular complexity index is 909. The van der Waals surface area contributed by atoms with Gasteiger partial charge in [-0.25, -0.2) is 0 Å². The van der Waals surface area contributed by atoms with Gasteiger partial charge in [0.15, 0.2) is 0 Å². The van der Waals surface area contributed by atoms with Crippen molar-refractivity contribution >= 4 is 21.4 Å². The number of hydrogen-bond donors (Lipinski definition) is 2. The summed E-state index contributed by atoms with van der Waals surface area (Å²) in [5.74, 6) is 1.65. The fraction of sp³-hybridized carbons (Fsp3) is 0.857. The molecule has 4 aliphatic rings. The van der Waals surface area contributed by atoms with Crippen LogP contribution in [0.4, 0.5) is 0 Å². The largest absolute Gasteiger partial charge is 0.756 e. The summed E-state index contributed by atoms with van der Waals surface area (Å²) in [7, 11) is -9.65. The SMILES string of the molecule is C/C(=N\OP(=O)([O-])O)[C@H]1CC[C@H]2[C@@H]3CCC4=C[C@@H](OP(=O)([O-])O)CC[C@]4(C)[C@H]3CC[C@]12C. The molecular weight excluding hydrogens is 456 g/mol. The Kier molecular flexibility index (Phi) is 6.38. The van der Waals surface area contributed by atoms with Crippen molar-refractivity contribution in [2.45, 2.75) is 78.2 Å². The molecule has 4 rings (SSSR count). The third-order valence-corrected chi connectivity index (χ3v) is 9.96. The molecule has 0 spiro atoms. The van der Waals surface area contributed by atoms with Crippen LogP contribution in [-0.2, 0) is 18.3 Å². The Labute approximate surface area is 189 Å². The quantitative estimate of drug-likeness (QED) is 0.258. The molecule has 0 aromatic carbocycles. The number of phosphoric acid groups is 2. The van der Waals surface area contributed by atoms with E-state index in [1.165, 1.54) is 5.57 Å². The predicted molar refractivity (Wildman–Crippen MR) is 114 cm³/mol. The van der Waals surface area contributed by atoms with Crippen LogP contribution in [0.25, 0.3) is 0 Å². The van der Waals surface area contributed by atoms with E-state index in [4.69, 9.17) is 14.3 Å². The number of hydrogen-bond acceptors (Lipinski definition) is 7. The molecule has 9 atom stereocenters. The van der Waals surface area contributed by atoms with Crippen LogP contribution in [0.15, 0.2) is 16.8 Å². The van der Waals surface area contributed by atoms with Crippen LogP contribution in [0.2, 0.25) is 0 Å². The fourth-order valence-electron chi connectivity index (χ4n) is 7.82. The van der Waals surface area contributed by atoms with E-state index in [0.29, 0.717) is 29.9 Å². The molecule has 3 fully saturated rings. The Hall–Kier alpha value is -0.530. The van der Waals surface area contributed by atoms with Crippen molar-refractivity contribution in [1.82, 2.24) is 0 Å². The molecule has 2 N–H and O–H groups in total. The van der Waals surface area contributed by atoms with Gasteiger partial charge in [-0.1, -0.05) is 30.7 Å². The molecule has 0 heterocycles. The van der Waals surface area contributed by atoms with E-state index >= 15 is 0 Å². The normalized spacial score (nSPS) is 45.5. The maximum Gasteiger partial charge on any atom is 0.340 e. The number of oxime groups is 1. The molecule has 4 aliphatic carbocycles. The van der Waals surface area contributed by atoms with Crippen molar-refractivity contribution in [2.75, 3.05) is 0 Å². The highest BCUT2D eigenvalue weighted by molar-refractivity contribution is 7.45. The summed E-state index contributed by atoms with van der Waals surface area (Å²) < 4.78 is 31.4. The summed E-state index contributed by atoms with van der Waals surface area (Å²) in [4.78, 5) is 40.1. The van der Waals surface area contributed by atoms with E-state index in [1.807, 2.05) is 6.08 Å². The van der Waals surface area contributed by atoms with Gasteiger partial charge in [0.05, 0.1) is 11.8 Å². The Morgan fingerprint density at radius 2 is 1.78 bits per heavy atom. The molecule has 32 heavy (non-hydrogen) atoms. The Morgan fingerprint density at radius 1 is 1.06 bits per heavy atom. The summed E-state index contributed by atoms with van der Waals surface area (Å²) in [6.07, 6.45) is 8.67. The van der Waals surface area contributed by atoms with Gasteiger partial charge in [-0.15, -0.1) is 0 Å². The second-order valence-electron chi connectivity index (χ2n) is 10.6. The zero-order valence-electron chi connectivity index (χ0n) is 18.8. The maximum absolute atomic E-state index is 11.2. The number of phosphoric ester groups is 1. The second-order valence-corrected chi connectivity index (χ2v) is 12.9. The minimum Gasteiger partial charge on any atom is -0.756 e. The van der Waals surface area contributed by atoms with Gasteiger partial charge in [0.1, 0.15) is 0 Å². The van der Waals surface area contributed by atoms with E-state index in [9.17, 15) is 18.9 Å². The lowest BCUT2D eigenvalue weighted by molar-refractivity contribution is -0.223. The number of allylic oxidation sites excluding steroid dienone is 1. The van der Waals surface area contributed by atoms with Gasteiger partial charge >= 0.3 is 7.82 Å². The van der Waals surface area contributed by atoms with Crippen molar-refractivity contribution in [1.29, 1.82) is 0 Å². The lowest BCUT2D eigenvalue weighted by Crippen LogP contribution is -2.51. The fourth-order valence-corrected chi connectivity index (χ4v) is 8.56. The first-order valence-electron chi connectivity index (χ1n) is 11.4. The lowest BCUT2D eigenvalue weighted by Gasteiger charge is -2.58. The van der Waals surface area contributed by atoms with Gasteiger partial charge in [-0.3, -0.25) is 9.13 Å². The average molecular weight is 489 g/mol. The molecule has 3 saturated carbocycles. The molecular formula is C21H33NO8P2-2. The highest BCUT2D eigenvalue weighted by Crippen LogP contribution is 2.67. The molecule has 0 amide bonds. The molecule has 0 saturated heterocycles. The number of nitrogens with zero attached hydrogens (tertiary/aromatic N) is 1. The van der Waals surface area contributed by atoms with E-state index in [1.54, 1.807) is 6.92 Å². The van der Waals surface area contributed by atoms with Crippen LogP contribution in [-0.4, -0.2) is 21.6 Å². The molecule has 0 aromatic rings. The summed E-state index contributed by atoms with van der Waals surface area (Å²) in [6, 6.07) is 0. The van der Waals surface area contributed by atoms with Gasteiger partial charge in [0.2, 0.25) is 0 Å². The monoisotopic (exact) mass is 489 g/mol. The van der Waals surface area contributed by atoms with Gasteiger partial charge in [-0.05, 0) is 86.9 Å². The molecule has 9 nitrogen and oxygen atoms in total. The summed E-state index contributed by atoms with van der Waals surface area (Å²) in [5.41, 5.74) is 1.87. The number of rotatable bonds is 5. The van der Waals surface area contributed by atoms with E-state index in [0.717, 1.165) is 44.9 Å². The topological polar surface area (TPSA) is 152 Å². The molecule has 0 radical (unpaired) electrons. The average Bonchev–Trinajstić information content (AvgIpc) is 3.02. The predicted octanol–water partition coefficient (Wildman–Crippen LogP) is 3.26. The van der Waals surface area contributed by atoms with Gasteiger partial charge in [0, 0.05) is 5.92 Å². The second kappa shape index (κ2) is 8.30. The van der Waals surface area contributed by atoms with Crippen LogP contribution in [0, 0.1) is 34.5 Å². The van der Waals surface area contributed by atoms with Crippen molar-refractivity contribution in [2.24, 2.45) is 39.7 Å².